The number of benzene rings is 1. The summed E-state index contributed by atoms with van der Waals surface area (Å²) in [5.41, 5.74) is 3.01. The van der Waals surface area contributed by atoms with E-state index in [1.807, 2.05) is 0 Å². The number of likely N-dealkylation sites (N-methyl/N-ethyl adjacent to an activating group) is 1. The monoisotopic (exact) mass is 355 g/mol. The Morgan fingerprint density at radius 3 is 2.67 bits per heavy atom. The van der Waals surface area contributed by atoms with E-state index in [1.54, 1.807) is 5.57 Å². The molecule has 18 heavy (non-hydrogen) atoms. The SMILES string of the molecule is CNC(/C1=C/CCCCCC1)c1ccccc1I. The third kappa shape index (κ3) is 3.58. The Bertz CT molecular complexity index is 411. The Morgan fingerprint density at radius 2 is 1.89 bits per heavy atom. The van der Waals surface area contributed by atoms with Crippen molar-refractivity contribution in [3.63, 3.8) is 0 Å². The molecule has 0 heterocycles. The summed E-state index contributed by atoms with van der Waals surface area (Å²) in [5, 5.41) is 3.50. The molecule has 1 atom stereocenters. The minimum Gasteiger partial charge on any atom is -0.310 e. The maximum Gasteiger partial charge on any atom is 0.0544 e. The Kier molecular flexibility index (Phi) is 5.70. The summed E-state index contributed by atoms with van der Waals surface area (Å²) in [4.78, 5) is 0. The van der Waals surface area contributed by atoms with Crippen molar-refractivity contribution in [3.8, 4) is 0 Å². The molecule has 0 saturated heterocycles. The van der Waals surface area contributed by atoms with Gasteiger partial charge in [0.25, 0.3) is 0 Å². The van der Waals surface area contributed by atoms with Gasteiger partial charge in [-0.2, -0.15) is 0 Å². The molecule has 0 radical (unpaired) electrons. The highest BCUT2D eigenvalue weighted by molar-refractivity contribution is 14.1. The van der Waals surface area contributed by atoms with E-state index in [9.17, 15) is 0 Å². The smallest absolute Gasteiger partial charge is 0.0544 e. The van der Waals surface area contributed by atoms with Gasteiger partial charge in [0.05, 0.1) is 6.04 Å². The van der Waals surface area contributed by atoms with Crippen molar-refractivity contribution in [2.75, 3.05) is 7.05 Å². The first kappa shape index (κ1) is 14.1. The lowest BCUT2D eigenvalue weighted by atomic mass is 9.91. The molecular formula is C16H22IN. The average Bonchev–Trinajstić information content (AvgIpc) is 2.34. The van der Waals surface area contributed by atoms with Gasteiger partial charge in [0, 0.05) is 3.57 Å². The molecule has 1 aliphatic carbocycles. The lowest BCUT2D eigenvalue weighted by Gasteiger charge is -2.23. The van der Waals surface area contributed by atoms with Crippen molar-refractivity contribution in [3.05, 3.63) is 45.0 Å². The lowest BCUT2D eigenvalue weighted by Crippen LogP contribution is -2.20. The fraction of sp³-hybridized carbons (Fsp3) is 0.500. The standard InChI is InChI=1S/C16H22IN/c1-18-16(14-11-7-8-12-15(14)17)13-9-5-3-2-4-6-10-13/h7-9,11-12,16,18H,2-6,10H2,1H3/b13-9+. The highest BCUT2D eigenvalue weighted by Gasteiger charge is 2.17. The number of halogens is 1. The Labute approximate surface area is 124 Å². The van der Waals surface area contributed by atoms with Gasteiger partial charge in [-0.05, 0) is 67.0 Å². The predicted molar refractivity (Wildman–Crippen MR) is 86.7 cm³/mol. The maximum atomic E-state index is 3.50. The summed E-state index contributed by atoms with van der Waals surface area (Å²) in [6.07, 6.45) is 10.5. The van der Waals surface area contributed by atoms with E-state index in [4.69, 9.17) is 0 Å². The van der Waals surface area contributed by atoms with E-state index in [2.05, 4.69) is 65.3 Å². The fourth-order valence-corrected chi connectivity index (χ4v) is 3.43. The van der Waals surface area contributed by atoms with E-state index in [0.29, 0.717) is 6.04 Å². The number of rotatable bonds is 3. The zero-order valence-corrected chi connectivity index (χ0v) is 13.2. The van der Waals surface area contributed by atoms with Crippen molar-refractivity contribution in [2.24, 2.45) is 0 Å². The second-order valence-corrected chi connectivity index (χ2v) is 6.14. The van der Waals surface area contributed by atoms with Crippen LogP contribution in [-0.4, -0.2) is 7.05 Å². The molecule has 0 spiro atoms. The van der Waals surface area contributed by atoms with E-state index in [-0.39, 0.29) is 0 Å². The quantitative estimate of drug-likeness (QED) is 0.605. The third-order valence-electron chi connectivity index (χ3n) is 3.70. The Morgan fingerprint density at radius 1 is 1.11 bits per heavy atom. The van der Waals surface area contributed by atoms with Crippen LogP contribution in [-0.2, 0) is 0 Å². The summed E-state index contributed by atoms with van der Waals surface area (Å²) >= 11 is 2.45. The molecule has 1 nitrogen and oxygen atoms in total. The van der Waals surface area contributed by atoms with Crippen molar-refractivity contribution >= 4 is 22.6 Å². The van der Waals surface area contributed by atoms with Crippen LogP contribution >= 0.6 is 22.6 Å². The van der Waals surface area contributed by atoms with Crippen LogP contribution in [0.4, 0.5) is 0 Å². The van der Waals surface area contributed by atoms with Gasteiger partial charge in [0.2, 0.25) is 0 Å². The summed E-state index contributed by atoms with van der Waals surface area (Å²) in [5.74, 6) is 0. The van der Waals surface area contributed by atoms with Gasteiger partial charge in [-0.1, -0.05) is 42.7 Å². The minimum atomic E-state index is 0.399. The summed E-state index contributed by atoms with van der Waals surface area (Å²) in [7, 11) is 2.08. The van der Waals surface area contributed by atoms with Crippen LogP contribution in [0.2, 0.25) is 0 Å². The summed E-state index contributed by atoms with van der Waals surface area (Å²) in [6, 6.07) is 9.11. The van der Waals surface area contributed by atoms with Crippen LogP contribution in [0.3, 0.4) is 0 Å². The minimum absolute atomic E-state index is 0.399. The van der Waals surface area contributed by atoms with Crippen LogP contribution in [0.15, 0.2) is 35.9 Å². The molecule has 0 bridgehead atoms. The zero-order valence-electron chi connectivity index (χ0n) is 11.1. The molecule has 0 aromatic heterocycles. The van der Waals surface area contributed by atoms with Crippen LogP contribution in [0.25, 0.3) is 0 Å². The number of allylic oxidation sites excluding steroid dienone is 1. The van der Waals surface area contributed by atoms with E-state index in [0.717, 1.165) is 0 Å². The number of nitrogens with one attached hydrogen (secondary N) is 1. The molecule has 98 valence electrons. The molecule has 1 aromatic carbocycles. The van der Waals surface area contributed by atoms with Crippen molar-refractivity contribution in [1.82, 2.24) is 5.32 Å². The van der Waals surface area contributed by atoms with Gasteiger partial charge in [-0.15, -0.1) is 0 Å². The Hall–Kier alpha value is -0.350. The molecule has 1 aliphatic rings. The van der Waals surface area contributed by atoms with Crippen LogP contribution in [0.1, 0.15) is 50.1 Å². The molecule has 2 heteroatoms. The number of hydrogen-bond donors (Lipinski definition) is 1. The third-order valence-corrected chi connectivity index (χ3v) is 4.68. The van der Waals surface area contributed by atoms with Crippen LogP contribution in [0.5, 0.6) is 0 Å². The van der Waals surface area contributed by atoms with Crippen LogP contribution < -0.4 is 5.32 Å². The summed E-state index contributed by atoms with van der Waals surface area (Å²) < 4.78 is 1.36. The Balaban J connectivity index is 2.24. The van der Waals surface area contributed by atoms with Gasteiger partial charge in [-0.25, -0.2) is 0 Å². The van der Waals surface area contributed by atoms with Gasteiger partial charge >= 0.3 is 0 Å². The summed E-state index contributed by atoms with van der Waals surface area (Å²) in [6.45, 7) is 0. The lowest BCUT2D eigenvalue weighted by molar-refractivity contribution is 0.573. The first-order chi connectivity index (χ1) is 8.83. The largest absolute Gasteiger partial charge is 0.310 e. The fourth-order valence-electron chi connectivity index (χ4n) is 2.73. The highest BCUT2D eigenvalue weighted by atomic mass is 127. The second-order valence-electron chi connectivity index (χ2n) is 4.98. The first-order valence-corrected chi connectivity index (χ1v) is 8.01. The number of hydrogen-bond acceptors (Lipinski definition) is 1. The predicted octanol–water partition coefficient (Wildman–Crippen LogP) is 4.83. The molecular weight excluding hydrogens is 333 g/mol. The molecule has 0 saturated carbocycles. The normalized spacial score (nSPS) is 21.6. The van der Waals surface area contributed by atoms with Crippen LogP contribution in [0, 0.1) is 3.57 Å². The molecule has 0 amide bonds. The zero-order chi connectivity index (χ0) is 12.8. The topological polar surface area (TPSA) is 12.0 Å². The molecule has 0 aliphatic heterocycles. The average molecular weight is 355 g/mol. The molecule has 0 fully saturated rings. The first-order valence-electron chi connectivity index (χ1n) is 6.93. The second kappa shape index (κ2) is 7.29. The van der Waals surface area contributed by atoms with Gasteiger partial charge in [0.15, 0.2) is 0 Å². The van der Waals surface area contributed by atoms with Gasteiger partial charge < -0.3 is 5.32 Å². The molecule has 1 aromatic rings. The van der Waals surface area contributed by atoms with Crippen molar-refractivity contribution in [2.45, 2.75) is 44.6 Å². The van der Waals surface area contributed by atoms with E-state index in [1.165, 1.54) is 47.7 Å². The van der Waals surface area contributed by atoms with Gasteiger partial charge in [-0.3, -0.25) is 0 Å². The van der Waals surface area contributed by atoms with Gasteiger partial charge in [0.1, 0.15) is 0 Å². The van der Waals surface area contributed by atoms with Crippen molar-refractivity contribution < 1.29 is 0 Å². The molecule has 1 N–H and O–H groups in total. The van der Waals surface area contributed by atoms with E-state index >= 15 is 0 Å². The highest BCUT2D eigenvalue weighted by Crippen LogP contribution is 2.30. The maximum absolute atomic E-state index is 3.50. The van der Waals surface area contributed by atoms with Crippen molar-refractivity contribution in [1.29, 1.82) is 0 Å². The molecule has 2 rings (SSSR count). The molecule has 1 unspecified atom stereocenters. The van der Waals surface area contributed by atoms with E-state index < -0.39 is 0 Å².